The molecule has 1 aromatic rings. The van der Waals surface area contributed by atoms with Crippen LogP contribution in [0.15, 0.2) is 33.6 Å². The fraction of sp³-hybridized carbons (Fsp3) is 0.600. The van der Waals surface area contributed by atoms with E-state index in [0.717, 1.165) is 13.0 Å². The van der Waals surface area contributed by atoms with Crippen molar-refractivity contribution < 1.29 is 13.5 Å². The number of aliphatic hydroxyl groups excluding tert-OH is 1. The minimum atomic E-state index is -3.62. The third kappa shape index (κ3) is 4.52. The molecular formula is C15H23BrN2O3S. The molecule has 0 bridgehead atoms. The highest BCUT2D eigenvalue weighted by molar-refractivity contribution is 9.10. The van der Waals surface area contributed by atoms with Gasteiger partial charge >= 0.3 is 0 Å². The van der Waals surface area contributed by atoms with Crippen molar-refractivity contribution in [2.75, 3.05) is 19.6 Å². The zero-order valence-electron chi connectivity index (χ0n) is 12.9. The van der Waals surface area contributed by atoms with Crippen molar-refractivity contribution in [1.29, 1.82) is 0 Å². The van der Waals surface area contributed by atoms with E-state index in [1.807, 2.05) is 0 Å². The van der Waals surface area contributed by atoms with E-state index in [1.54, 1.807) is 18.2 Å². The number of nitrogens with one attached hydrogen (secondary N) is 1. The molecule has 22 heavy (non-hydrogen) atoms. The quantitative estimate of drug-likeness (QED) is 0.776. The largest absolute Gasteiger partial charge is 0.390 e. The molecule has 0 aliphatic carbocycles. The molecule has 1 saturated heterocycles. The number of hydrogen-bond acceptors (Lipinski definition) is 4. The second kappa shape index (κ2) is 7.40. The van der Waals surface area contributed by atoms with Crippen LogP contribution in [0.4, 0.5) is 0 Å². The van der Waals surface area contributed by atoms with Crippen LogP contribution in [0.5, 0.6) is 0 Å². The molecule has 0 aromatic heterocycles. The highest BCUT2D eigenvalue weighted by Gasteiger charge is 2.28. The maximum absolute atomic E-state index is 12.2. The Morgan fingerprint density at radius 2 is 2.09 bits per heavy atom. The molecule has 0 spiro atoms. The van der Waals surface area contributed by atoms with Gasteiger partial charge in [0.2, 0.25) is 10.0 Å². The molecule has 3 atom stereocenters. The number of halogens is 1. The van der Waals surface area contributed by atoms with Gasteiger partial charge in [0.15, 0.2) is 0 Å². The minimum absolute atomic E-state index is 0.0151. The van der Waals surface area contributed by atoms with Crippen molar-refractivity contribution in [2.45, 2.75) is 37.3 Å². The minimum Gasteiger partial charge on any atom is -0.390 e. The molecule has 2 N–H and O–H groups in total. The Morgan fingerprint density at radius 1 is 1.41 bits per heavy atom. The van der Waals surface area contributed by atoms with Gasteiger partial charge in [0.25, 0.3) is 0 Å². The summed E-state index contributed by atoms with van der Waals surface area (Å²) in [4.78, 5) is 2.40. The number of rotatable bonds is 6. The van der Waals surface area contributed by atoms with Gasteiger partial charge in [-0.05, 0) is 47.3 Å². The molecule has 0 saturated carbocycles. The fourth-order valence-electron chi connectivity index (χ4n) is 2.92. The molecule has 2 unspecified atom stereocenters. The lowest BCUT2D eigenvalue weighted by atomic mass is 10.1. The standard InChI is InChI=1S/C15H23BrN2O3S/c1-11-7-12(2)18(9-11)10-13(19)8-17-22(20,21)15-6-4-3-5-14(15)16/h3-6,11-13,17,19H,7-10H2,1-2H3/t11?,12?,13-/m1/s1. The van der Waals surface area contributed by atoms with Gasteiger partial charge in [0.1, 0.15) is 0 Å². The van der Waals surface area contributed by atoms with Crippen molar-refractivity contribution >= 4 is 26.0 Å². The van der Waals surface area contributed by atoms with Gasteiger partial charge < -0.3 is 5.11 Å². The first-order valence-corrected chi connectivity index (χ1v) is 9.73. The molecule has 1 aliphatic heterocycles. The molecule has 0 amide bonds. The van der Waals surface area contributed by atoms with Gasteiger partial charge in [0, 0.05) is 30.1 Å². The Labute approximate surface area is 140 Å². The smallest absolute Gasteiger partial charge is 0.241 e. The van der Waals surface area contributed by atoms with Crippen LogP contribution in [-0.2, 0) is 10.0 Å². The van der Waals surface area contributed by atoms with Gasteiger partial charge in [-0.3, -0.25) is 4.90 Å². The first kappa shape index (κ1) is 17.9. The monoisotopic (exact) mass is 390 g/mol. The van der Waals surface area contributed by atoms with Crippen LogP contribution >= 0.6 is 15.9 Å². The Hall–Kier alpha value is -0.470. The molecule has 1 aliphatic rings. The summed E-state index contributed by atoms with van der Waals surface area (Å²) >= 11 is 3.23. The van der Waals surface area contributed by atoms with Gasteiger partial charge in [-0.25, -0.2) is 13.1 Å². The van der Waals surface area contributed by atoms with Crippen LogP contribution in [0.3, 0.4) is 0 Å². The van der Waals surface area contributed by atoms with Crippen molar-refractivity contribution in [3.8, 4) is 0 Å². The van der Waals surface area contributed by atoms with Crippen molar-refractivity contribution in [2.24, 2.45) is 5.92 Å². The summed E-state index contributed by atoms with van der Waals surface area (Å²) in [5.74, 6) is 0.624. The van der Waals surface area contributed by atoms with Crippen LogP contribution in [0.25, 0.3) is 0 Å². The Balaban J connectivity index is 1.91. The van der Waals surface area contributed by atoms with E-state index >= 15 is 0 Å². The summed E-state index contributed by atoms with van der Waals surface area (Å²) in [7, 11) is -3.62. The van der Waals surface area contributed by atoms with Crippen molar-refractivity contribution in [1.82, 2.24) is 9.62 Å². The lowest BCUT2D eigenvalue weighted by Gasteiger charge is -2.24. The summed E-state index contributed by atoms with van der Waals surface area (Å²) in [5, 5.41) is 10.1. The van der Waals surface area contributed by atoms with Crippen LogP contribution in [-0.4, -0.2) is 50.2 Å². The Kier molecular flexibility index (Phi) is 6.01. The second-order valence-electron chi connectivity index (χ2n) is 6.08. The Morgan fingerprint density at radius 3 is 2.68 bits per heavy atom. The number of sulfonamides is 1. The summed E-state index contributed by atoms with van der Waals surface area (Å²) in [5.41, 5.74) is 0. The summed E-state index contributed by atoms with van der Waals surface area (Å²) in [6.45, 7) is 5.79. The first-order chi connectivity index (χ1) is 10.3. The van der Waals surface area contributed by atoms with E-state index in [9.17, 15) is 13.5 Å². The Bertz CT molecular complexity index is 609. The van der Waals surface area contributed by atoms with Gasteiger partial charge in [-0.2, -0.15) is 0 Å². The number of hydrogen-bond donors (Lipinski definition) is 2. The van der Waals surface area contributed by atoms with E-state index in [0.29, 0.717) is 23.0 Å². The lowest BCUT2D eigenvalue weighted by Crippen LogP contribution is -2.41. The van der Waals surface area contributed by atoms with E-state index < -0.39 is 16.1 Å². The average Bonchev–Trinajstić information content (AvgIpc) is 2.75. The van der Waals surface area contributed by atoms with Gasteiger partial charge in [0.05, 0.1) is 11.0 Å². The number of likely N-dealkylation sites (tertiary alicyclic amines) is 1. The molecule has 1 fully saturated rings. The third-order valence-electron chi connectivity index (χ3n) is 3.99. The van der Waals surface area contributed by atoms with Gasteiger partial charge in [-0.1, -0.05) is 19.1 Å². The molecule has 0 radical (unpaired) electrons. The molecule has 2 rings (SSSR count). The molecule has 124 valence electrons. The lowest BCUT2D eigenvalue weighted by molar-refractivity contribution is 0.111. The second-order valence-corrected chi connectivity index (χ2v) is 8.67. The zero-order valence-corrected chi connectivity index (χ0v) is 15.3. The number of aliphatic hydroxyl groups is 1. The van der Waals surface area contributed by atoms with Gasteiger partial charge in [-0.15, -0.1) is 0 Å². The molecular weight excluding hydrogens is 368 g/mol. The van der Waals surface area contributed by atoms with E-state index in [2.05, 4.69) is 39.4 Å². The fourth-order valence-corrected chi connectivity index (χ4v) is 5.00. The molecule has 1 heterocycles. The molecule has 5 nitrogen and oxygen atoms in total. The van der Waals surface area contributed by atoms with Crippen LogP contribution in [0, 0.1) is 5.92 Å². The van der Waals surface area contributed by atoms with Crippen molar-refractivity contribution in [3.63, 3.8) is 0 Å². The summed E-state index contributed by atoms with van der Waals surface area (Å²) in [6, 6.07) is 7.07. The van der Waals surface area contributed by atoms with E-state index in [4.69, 9.17) is 0 Å². The van der Waals surface area contributed by atoms with Crippen LogP contribution in [0.2, 0.25) is 0 Å². The third-order valence-corrected chi connectivity index (χ3v) is 6.43. The van der Waals surface area contributed by atoms with Crippen LogP contribution in [0.1, 0.15) is 20.3 Å². The topological polar surface area (TPSA) is 69.6 Å². The predicted octanol–water partition coefficient (Wildman–Crippen LogP) is 1.82. The molecule has 7 heteroatoms. The maximum Gasteiger partial charge on any atom is 0.241 e. The number of β-amino-alcohol motifs (C(OH)–C–C–N with tert-alkyl or cyclic N) is 1. The number of benzene rings is 1. The highest BCUT2D eigenvalue weighted by atomic mass is 79.9. The highest BCUT2D eigenvalue weighted by Crippen LogP contribution is 2.23. The van der Waals surface area contributed by atoms with Crippen molar-refractivity contribution in [3.05, 3.63) is 28.7 Å². The summed E-state index contributed by atoms with van der Waals surface area (Å²) in [6.07, 6.45) is 0.403. The zero-order chi connectivity index (χ0) is 16.3. The number of nitrogens with zero attached hydrogens (tertiary/aromatic N) is 1. The maximum atomic E-state index is 12.2. The van der Waals surface area contributed by atoms with E-state index in [1.165, 1.54) is 6.07 Å². The average molecular weight is 391 g/mol. The first-order valence-electron chi connectivity index (χ1n) is 7.46. The molecule has 1 aromatic carbocycles. The summed E-state index contributed by atoms with van der Waals surface area (Å²) < 4.78 is 27.5. The van der Waals surface area contributed by atoms with E-state index in [-0.39, 0.29) is 11.4 Å². The normalized spacial score (nSPS) is 24.5. The van der Waals surface area contributed by atoms with Crippen LogP contribution < -0.4 is 4.72 Å². The SMILES string of the molecule is CC1CC(C)N(C[C@H](O)CNS(=O)(=O)c2ccccc2Br)C1. The predicted molar refractivity (Wildman–Crippen MR) is 90.2 cm³/mol.